The third-order valence-electron chi connectivity index (χ3n) is 2.13. The van der Waals surface area contributed by atoms with Gasteiger partial charge in [-0.15, -0.1) is 0 Å². The maximum Gasteiger partial charge on any atom is 0.499 e. The zero-order valence-corrected chi connectivity index (χ0v) is 7.97. The van der Waals surface area contributed by atoms with Crippen molar-refractivity contribution in [2.45, 2.75) is 24.9 Å². The number of rotatable bonds is 1. The number of carbonyl (C=O) groups is 1. The topological polar surface area (TPSA) is 85.2 Å². The second-order valence-corrected chi connectivity index (χ2v) is 5.68. The summed E-state index contributed by atoms with van der Waals surface area (Å²) >= 11 is 0. The maximum absolute atomic E-state index is 10.7. The van der Waals surface area contributed by atoms with Crippen LogP contribution in [-0.2, 0) is 18.1 Å². The van der Waals surface area contributed by atoms with E-state index in [0.29, 0.717) is 0 Å². The van der Waals surface area contributed by atoms with Gasteiger partial charge in [0.05, 0.1) is 6.61 Å². The Morgan fingerprint density at radius 1 is 1.54 bits per heavy atom. The van der Waals surface area contributed by atoms with Crippen LogP contribution in [0.25, 0.3) is 0 Å². The van der Waals surface area contributed by atoms with Gasteiger partial charge in [-0.1, -0.05) is 0 Å². The number of aliphatic hydroxyl groups excluding tert-OH is 1. The highest BCUT2D eigenvalue weighted by Gasteiger charge is 2.58. The summed E-state index contributed by atoms with van der Waals surface area (Å²) in [5.41, 5.74) is 0. The van der Waals surface area contributed by atoms with Crippen molar-refractivity contribution >= 4 is 14.8 Å². The quantitative estimate of drug-likeness (QED) is 0.525. The molecule has 2 saturated heterocycles. The second-order valence-electron chi connectivity index (χ2n) is 3.20. The van der Waals surface area contributed by atoms with Gasteiger partial charge in [-0.25, -0.2) is 4.79 Å². The molecule has 4 unspecified atom stereocenters. The Morgan fingerprint density at radius 3 is 2.85 bits per heavy atom. The lowest BCUT2D eigenvalue weighted by molar-refractivity contribution is -0.148. The number of hydrogen-bond donors (Lipinski definition) is 2. The molecule has 0 spiro atoms. The number of aliphatic hydroxyl groups is 1. The Kier molecular flexibility index (Phi) is 1.93. The average molecular weight is 206 g/mol. The standard InChI is InChI=1S/C6H10O6Si/c1-13-10-2-3(7)4(11-13)5(12-13)6(8)9/h3-5,7H,2H2,1H3,(H,8,9). The highest BCUT2D eigenvalue weighted by Crippen LogP contribution is 2.32. The third-order valence-corrected chi connectivity index (χ3v) is 4.20. The molecule has 0 aromatic rings. The lowest BCUT2D eigenvalue weighted by Crippen LogP contribution is -2.48. The minimum absolute atomic E-state index is 0.0944. The van der Waals surface area contributed by atoms with Gasteiger partial charge < -0.3 is 23.5 Å². The SMILES string of the molecule is C[Si]12OCC(O)C(O1)C(C(=O)O)O2. The average Bonchev–Trinajstić information content (AvgIpc) is 2.35. The highest BCUT2D eigenvalue weighted by molar-refractivity contribution is 6.60. The van der Waals surface area contributed by atoms with Crippen LogP contribution in [0.3, 0.4) is 0 Å². The normalized spacial score (nSPS) is 49.2. The molecule has 2 aliphatic rings. The Morgan fingerprint density at radius 2 is 2.23 bits per heavy atom. The molecule has 2 heterocycles. The lowest BCUT2D eigenvalue weighted by Gasteiger charge is -2.28. The number of carboxylic acid groups (broad SMARTS) is 1. The van der Waals surface area contributed by atoms with Crippen molar-refractivity contribution in [2.75, 3.05) is 6.61 Å². The van der Waals surface area contributed by atoms with Gasteiger partial charge in [-0.3, -0.25) is 0 Å². The minimum Gasteiger partial charge on any atom is -0.479 e. The summed E-state index contributed by atoms with van der Waals surface area (Å²) in [6.45, 7) is 1.71. The fraction of sp³-hybridized carbons (Fsp3) is 0.833. The molecule has 6 nitrogen and oxygen atoms in total. The van der Waals surface area contributed by atoms with Gasteiger partial charge in [-0.2, -0.15) is 0 Å². The van der Waals surface area contributed by atoms with E-state index in [1.165, 1.54) is 0 Å². The van der Waals surface area contributed by atoms with Gasteiger partial charge in [0.15, 0.2) is 6.10 Å². The van der Waals surface area contributed by atoms with Crippen molar-refractivity contribution in [2.24, 2.45) is 0 Å². The summed E-state index contributed by atoms with van der Waals surface area (Å²) in [4.78, 5) is 10.7. The first-order chi connectivity index (χ1) is 6.02. The lowest BCUT2D eigenvalue weighted by atomic mass is 10.1. The smallest absolute Gasteiger partial charge is 0.479 e. The molecule has 0 aromatic carbocycles. The molecule has 0 amide bonds. The molecule has 74 valence electrons. The van der Waals surface area contributed by atoms with E-state index in [1.807, 2.05) is 0 Å². The molecule has 4 atom stereocenters. The zero-order valence-electron chi connectivity index (χ0n) is 6.97. The molecule has 0 aromatic heterocycles. The number of fused-ring (bicyclic) bond motifs is 2. The molecule has 0 saturated carbocycles. The van der Waals surface area contributed by atoms with Crippen LogP contribution >= 0.6 is 0 Å². The Hall–Kier alpha value is -0.473. The van der Waals surface area contributed by atoms with E-state index in [9.17, 15) is 9.90 Å². The van der Waals surface area contributed by atoms with Crippen LogP contribution in [0.2, 0.25) is 6.55 Å². The van der Waals surface area contributed by atoms with Crippen molar-refractivity contribution in [3.8, 4) is 0 Å². The van der Waals surface area contributed by atoms with Crippen molar-refractivity contribution in [1.29, 1.82) is 0 Å². The highest BCUT2D eigenvalue weighted by atomic mass is 28.4. The van der Waals surface area contributed by atoms with E-state index in [2.05, 4.69) is 0 Å². The van der Waals surface area contributed by atoms with E-state index in [-0.39, 0.29) is 6.61 Å². The van der Waals surface area contributed by atoms with Crippen molar-refractivity contribution in [3.05, 3.63) is 0 Å². The van der Waals surface area contributed by atoms with Crippen molar-refractivity contribution in [3.63, 3.8) is 0 Å². The summed E-state index contributed by atoms with van der Waals surface area (Å²) in [6, 6.07) is 0. The first-order valence-electron chi connectivity index (χ1n) is 3.92. The van der Waals surface area contributed by atoms with Crippen LogP contribution in [0.1, 0.15) is 0 Å². The van der Waals surface area contributed by atoms with E-state index < -0.39 is 33.1 Å². The van der Waals surface area contributed by atoms with Crippen LogP contribution in [0.15, 0.2) is 0 Å². The zero-order chi connectivity index (χ0) is 9.64. The second kappa shape index (κ2) is 2.76. The Bertz CT molecular complexity index is 245. The van der Waals surface area contributed by atoms with Gasteiger partial charge in [0, 0.05) is 6.55 Å². The molecule has 0 radical (unpaired) electrons. The summed E-state index contributed by atoms with van der Waals surface area (Å²) < 4.78 is 15.5. The van der Waals surface area contributed by atoms with Crippen LogP contribution < -0.4 is 0 Å². The van der Waals surface area contributed by atoms with Gasteiger partial charge in [-0.05, 0) is 0 Å². The molecular formula is C6H10O6Si. The predicted molar refractivity (Wildman–Crippen MR) is 41.0 cm³/mol. The first-order valence-corrected chi connectivity index (χ1v) is 6.15. The molecule has 2 N–H and O–H groups in total. The molecular weight excluding hydrogens is 196 g/mol. The molecule has 13 heavy (non-hydrogen) atoms. The molecule has 2 aliphatic heterocycles. The van der Waals surface area contributed by atoms with Crippen molar-refractivity contribution < 1.29 is 28.3 Å². The number of carboxylic acids is 1. The van der Waals surface area contributed by atoms with E-state index in [1.54, 1.807) is 6.55 Å². The van der Waals surface area contributed by atoms with Gasteiger partial charge in [0.1, 0.15) is 12.2 Å². The Balaban J connectivity index is 2.21. The summed E-state index contributed by atoms with van der Waals surface area (Å²) in [7, 11) is -2.74. The van der Waals surface area contributed by atoms with Crippen LogP contribution in [0.4, 0.5) is 0 Å². The molecule has 2 bridgehead atoms. The summed E-state index contributed by atoms with van der Waals surface area (Å²) in [6.07, 6.45) is -2.78. The van der Waals surface area contributed by atoms with E-state index >= 15 is 0 Å². The van der Waals surface area contributed by atoms with E-state index in [0.717, 1.165) is 0 Å². The fourth-order valence-electron chi connectivity index (χ4n) is 1.51. The summed E-state index contributed by atoms with van der Waals surface area (Å²) in [5, 5.41) is 18.1. The molecule has 7 heteroatoms. The predicted octanol–water partition coefficient (Wildman–Crippen LogP) is -1.19. The van der Waals surface area contributed by atoms with Gasteiger partial charge >= 0.3 is 14.8 Å². The minimum atomic E-state index is -2.74. The largest absolute Gasteiger partial charge is 0.499 e. The maximum atomic E-state index is 10.7. The van der Waals surface area contributed by atoms with Crippen molar-refractivity contribution in [1.82, 2.24) is 0 Å². The molecule has 2 rings (SSSR count). The third kappa shape index (κ3) is 1.38. The fourth-order valence-corrected chi connectivity index (χ4v) is 3.64. The number of hydrogen-bond acceptors (Lipinski definition) is 5. The molecule has 0 aliphatic carbocycles. The Labute approximate surface area is 75.4 Å². The van der Waals surface area contributed by atoms with Gasteiger partial charge in [0.25, 0.3) is 0 Å². The van der Waals surface area contributed by atoms with Gasteiger partial charge in [0.2, 0.25) is 0 Å². The van der Waals surface area contributed by atoms with Crippen LogP contribution in [-0.4, -0.2) is 49.9 Å². The summed E-state index contributed by atoms with van der Waals surface area (Å²) in [5.74, 6) is -1.12. The monoisotopic (exact) mass is 206 g/mol. The van der Waals surface area contributed by atoms with Crippen LogP contribution in [0.5, 0.6) is 0 Å². The van der Waals surface area contributed by atoms with Crippen LogP contribution in [0, 0.1) is 0 Å². The van der Waals surface area contributed by atoms with E-state index in [4.69, 9.17) is 18.4 Å². The first kappa shape index (κ1) is 9.10. The molecule has 2 fully saturated rings. The number of aliphatic carboxylic acids is 1.